The number of carbonyl (C=O) groups is 2. The van der Waals surface area contributed by atoms with Gasteiger partial charge in [0.25, 0.3) is 5.91 Å². The summed E-state index contributed by atoms with van der Waals surface area (Å²) < 4.78 is 6.01. The van der Waals surface area contributed by atoms with Crippen LogP contribution in [-0.4, -0.2) is 61.0 Å². The molecule has 1 aromatic heterocycles. The molecule has 142 valence electrons. The van der Waals surface area contributed by atoms with E-state index in [1.54, 1.807) is 6.92 Å². The van der Waals surface area contributed by atoms with Crippen LogP contribution >= 0.6 is 11.3 Å². The molecule has 1 atom stereocenters. The minimum Gasteiger partial charge on any atom is -0.381 e. The summed E-state index contributed by atoms with van der Waals surface area (Å²) in [5.41, 5.74) is 0.113. The van der Waals surface area contributed by atoms with E-state index in [0.29, 0.717) is 5.92 Å². The molecule has 3 aliphatic rings. The average Bonchev–Trinajstić information content (AvgIpc) is 3.16. The van der Waals surface area contributed by atoms with Gasteiger partial charge in [0.05, 0.1) is 11.5 Å². The first kappa shape index (κ1) is 18.0. The number of hydrogen-bond donors (Lipinski definition) is 0. The van der Waals surface area contributed by atoms with Crippen molar-refractivity contribution in [2.75, 3.05) is 39.4 Å². The normalized spacial score (nSPS) is 25.0. The Bertz CT molecular complexity index is 648. The lowest BCUT2D eigenvalue weighted by Gasteiger charge is -2.42. The quantitative estimate of drug-likeness (QED) is 0.794. The highest BCUT2D eigenvalue weighted by Gasteiger charge is 2.49. The number of nitrogens with zero attached hydrogens (tertiary/aromatic N) is 2. The van der Waals surface area contributed by atoms with Crippen molar-refractivity contribution in [2.24, 2.45) is 17.3 Å². The van der Waals surface area contributed by atoms with Crippen molar-refractivity contribution in [1.29, 1.82) is 0 Å². The van der Waals surface area contributed by atoms with Gasteiger partial charge in [-0.25, -0.2) is 0 Å². The van der Waals surface area contributed by atoms with Crippen molar-refractivity contribution in [3.63, 3.8) is 0 Å². The van der Waals surface area contributed by atoms with Gasteiger partial charge in [-0.2, -0.15) is 0 Å². The summed E-state index contributed by atoms with van der Waals surface area (Å²) >= 11 is 1.51. The summed E-state index contributed by atoms with van der Waals surface area (Å²) in [6.45, 7) is 6.47. The predicted molar refractivity (Wildman–Crippen MR) is 101 cm³/mol. The van der Waals surface area contributed by atoms with Crippen LogP contribution < -0.4 is 0 Å². The molecule has 0 unspecified atom stereocenters. The van der Waals surface area contributed by atoms with Gasteiger partial charge in [-0.05, 0) is 48.5 Å². The Balaban J connectivity index is 1.39. The van der Waals surface area contributed by atoms with Gasteiger partial charge in [0.1, 0.15) is 0 Å². The molecule has 3 fully saturated rings. The number of likely N-dealkylation sites (tertiary alicyclic amines) is 2. The lowest BCUT2D eigenvalue weighted by Crippen LogP contribution is -2.47. The van der Waals surface area contributed by atoms with Gasteiger partial charge in [-0.1, -0.05) is 6.07 Å². The van der Waals surface area contributed by atoms with Crippen LogP contribution in [0.15, 0.2) is 17.5 Å². The fraction of sp³-hybridized carbons (Fsp3) is 0.700. The fourth-order valence-corrected chi connectivity index (χ4v) is 5.13. The monoisotopic (exact) mass is 376 g/mol. The zero-order valence-corrected chi connectivity index (χ0v) is 16.3. The molecule has 0 bridgehead atoms. The lowest BCUT2D eigenvalue weighted by atomic mass is 9.71. The minimum atomic E-state index is 0.113. The van der Waals surface area contributed by atoms with E-state index in [1.807, 2.05) is 27.3 Å². The van der Waals surface area contributed by atoms with E-state index in [-0.39, 0.29) is 17.2 Å². The van der Waals surface area contributed by atoms with Gasteiger partial charge in [0.2, 0.25) is 5.91 Å². The summed E-state index contributed by atoms with van der Waals surface area (Å²) in [5.74, 6) is 1.47. The third-order valence-corrected chi connectivity index (χ3v) is 7.26. The second kappa shape index (κ2) is 7.31. The molecule has 0 radical (unpaired) electrons. The number of ether oxygens (including phenoxy) is 1. The molecule has 26 heavy (non-hydrogen) atoms. The molecule has 2 amide bonds. The number of carbonyl (C=O) groups excluding carboxylic acids is 2. The van der Waals surface area contributed by atoms with Crippen LogP contribution in [-0.2, 0) is 9.53 Å². The number of thiophene rings is 1. The smallest absolute Gasteiger partial charge is 0.263 e. The number of amides is 2. The molecular weight excluding hydrogens is 348 g/mol. The van der Waals surface area contributed by atoms with Crippen LogP contribution in [0, 0.1) is 17.3 Å². The third kappa shape index (κ3) is 3.67. The van der Waals surface area contributed by atoms with E-state index in [9.17, 15) is 9.59 Å². The molecule has 6 heteroatoms. The Kier molecular flexibility index (Phi) is 5.06. The zero-order valence-electron chi connectivity index (χ0n) is 15.5. The summed E-state index contributed by atoms with van der Waals surface area (Å²) in [6, 6.07) is 3.83. The summed E-state index contributed by atoms with van der Waals surface area (Å²) in [7, 11) is 0. The standard InChI is InChI=1S/C20H28N2O3S/c1-15(23)22-11-17(13-25-12-16-4-5-16)20(14-22)6-8-21(9-7-20)19(24)18-3-2-10-26-18/h2-3,10,16-17H,4-9,11-14H2,1H3/t17-/m1/s1. The Morgan fingerprint density at radius 3 is 2.62 bits per heavy atom. The number of rotatable bonds is 5. The van der Waals surface area contributed by atoms with E-state index in [2.05, 4.69) is 0 Å². The molecule has 2 saturated heterocycles. The van der Waals surface area contributed by atoms with Crippen LogP contribution in [0.2, 0.25) is 0 Å². The fourth-order valence-electron chi connectivity index (χ4n) is 4.44. The van der Waals surface area contributed by atoms with Gasteiger partial charge in [0, 0.05) is 45.6 Å². The maximum Gasteiger partial charge on any atom is 0.263 e. The summed E-state index contributed by atoms with van der Waals surface area (Å²) in [6.07, 6.45) is 4.53. The van der Waals surface area contributed by atoms with E-state index in [1.165, 1.54) is 24.2 Å². The minimum absolute atomic E-state index is 0.113. The average molecular weight is 377 g/mol. The maximum atomic E-state index is 12.6. The number of hydrogen-bond acceptors (Lipinski definition) is 4. The molecule has 4 rings (SSSR count). The topological polar surface area (TPSA) is 49.9 Å². The first-order valence-electron chi connectivity index (χ1n) is 9.73. The Hall–Kier alpha value is -1.40. The molecule has 5 nitrogen and oxygen atoms in total. The zero-order chi connectivity index (χ0) is 18.1. The van der Waals surface area contributed by atoms with Crippen LogP contribution in [0.25, 0.3) is 0 Å². The SMILES string of the molecule is CC(=O)N1C[C@H](COCC2CC2)C2(CCN(C(=O)c3cccs3)CC2)C1. The molecule has 1 aromatic rings. The Morgan fingerprint density at radius 1 is 1.23 bits per heavy atom. The summed E-state index contributed by atoms with van der Waals surface area (Å²) in [4.78, 5) is 29.4. The molecular formula is C20H28N2O3S. The van der Waals surface area contributed by atoms with Gasteiger partial charge < -0.3 is 14.5 Å². The predicted octanol–water partition coefficient (Wildman–Crippen LogP) is 2.88. The molecule has 0 N–H and O–H groups in total. The first-order valence-corrected chi connectivity index (χ1v) is 10.6. The van der Waals surface area contributed by atoms with Gasteiger partial charge in [0.15, 0.2) is 0 Å². The lowest BCUT2D eigenvalue weighted by molar-refractivity contribution is -0.128. The number of piperidine rings is 1. The van der Waals surface area contributed by atoms with E-state index in [0.717, 1.165) is 63.0 Å². The molecule has 1 aliphatic carbocycles. The Morgan fingerprint density at radius 2 is 2.00 bits per heavy atom. The van der Waals surface area contributed by atoms with Crippen LogP contribution in [0.3, 0.4) is 0 Å². The highest BCUT2D eigenvalue weighted by Crippen LogP contribution is 2.45. The molecule has 2 aliphatic heterocycles. The van der Waals surface area contributed by atoms with Crippen molar-refractivity contribution in [3.05, 3.63) is 22.4 Å². The summed E-state index contributed by atoms with van der Waals surface area (Å²) in [5, 5.41) is 1.95. The highest BCUT2D eigenvalue weighted by molar-refractivity contribution is 7.12. The van der Waals surface area contributed by atoms with Gasteiger partial charge >= 0.3 is 0 Å². The van der Waals surface area contributed by atoms with E-state index < -0.39 is 0 Å². The van der Waals surface area contributed by atoms with Gasteiger partial charge in [-0.15, -0.1) is 11.3 Å². The molecule has 1 spiro atoms. The van der Waals surface area contributed by atoms with Crippen molar-refractivity contribution >= 4 is 23.2 Å². The third-order valence-electron chi connectivity index (χ3n) is 6.41. The van der Waals surface area contributed by atoms with Crippen molar-refractivity contribution in [1.82, 2.24) is 9.80 Å². The first-order chi connectivity index (χ1) is 12.6. The van der Waals surface area contributed by atoms with E-state index >= 15 is 0 Å². The van der Waals surface area contributed by atoms with Crippen LogP contribution in [0.1, 0.15) is 42.3 Å². The second-order valence-corrected chi connectivity index (χ2v) is 9.16. The van der Waals surface area contributed by atoms with Crippen molar-refractivity contribution in [3.8, 4) is 0 Å². The largest absolute Gasteiger partial charge is 0.381 e. The molecule has 0 aromatic carbocycles. The second-order valence-electron chi connectivity index (χ2n) is 8.21. The van der Waals surface area contributed by atoms with Crippen molar-refractivity contribution in [2.45, 2.75) is 32.6 Å². The highest BCUT2D eigenvalue weighted by atomic mass is 32.1. The van der Waals surface area contributed by atoms with Crippen LogP contribution in [0.4, 0.5) is 0 Å². The Labute approximate surface area is 159 Å². The maximum absolute atomic E-state index is 12.6. The molecule has 3 heterocycles. The van der Waals surface area contributed by atoms with E-state index in [4.69, 9.17) is 4.74 Å². The van der Waals surface area contributed by atoms with Gasteiger partial charge in [-0.3, -0.25) is 9.59 Å². The van der Waals surface area contributed by atoms with Crippen molar-refractivity contribution < 1.29 is 14.3 Å². The molecule has 1 saturated carbocycles. The van der Waals surface area contributed by atoms with Crippen LogP contribution in [0.5, 0.6) is 0 Å².